The van der Waals surface area contributed by atoms with Gasteiger partial charge in [-0.2, -0.15) is 9.97 Å². The van der Waals surface area contributed by atoms with Crippen molar-refractivity contribution in [1.82, 2.24) is 45.1 Å². The number of piperazine rings is 1. The third kappa shape index (κ3) is 10.3. The summed E-state index contributed by atoms with van der Waals surface area (Å²) in [6, 6.07) is 19.0. The van der Waals surface area contributed by atoms with Crippen LogP contribution in [0.15, 0.2) is 76.9 Å². The van der Waals surface area contributed by atoms with Crippen LogP contribution in [0.1, 0.15) is 132 Å². The molecular weight excluding hydrogens is 1080 g/mol. The van der Waals surface area contributed by atoms with E-state index >= 15 is 0 Å². The third-order valence-electron chi connectivity index (χ3n) is 19.0. The second kappa shape index (κ2) is 22.9. The van der Waals surface area contributed by atoms with Crippen LogP contribution in [0.2, 0.25) is 0 Å². The van der Waals surface area contributed by atoms with Gasteiger partial charge in [-0.05, 0) is 104 Å². The number of aromatic hydroxyl groups is 1. The number of carbonyl (C=O) groups excluding carboxylic acids is 3. The van der Waals surface area contributed by atoms with Gasteiger partial charge in [0.25, 0.3) is 0 Å². The molecule has 19 nitrogen and oxygen atoms in total. The van der Waals surface area contributed by atoms with Crippen molar-refractivity contribution in [3.8, 4) is 33.5 Å². The van der Waals surface area contributed by atoms with Gasteiger partial charge in [0.2, 0.25) is 11.8 Å². The smallest absolute Gasteiger partial charge is 0.409 e. The van der Waals surface area contributed by atoms with E-state index in [1.165, 1.54) is 23.3 Å². The predicted octanol–water partition coefficient (Wildman–Crippen LogP) is 9.73. The van der Waals surface area contributed by atoms with Gasteiger partial charge < -0.3 is 49.1 Å². The Kier molecular flexibility index (Phi) is 15.2. The molecule has 7 aromatic rings. The first kappa shape index (κ1) is 55.8. The van der Waals surface area contributed by atoms with E-state index in [4.69, 9.17) is 28.9 Å². The molecule has 9 heterocycles. The zero-order chi connectivity index (χ0) is 58.0. The molecule has 13 rings (SSSR count). The lowest BCUT2D eigenvalue weighted by molar-refractivity contribution is -0.141. The number of hydrogen-bond acceptors (Lipinski definition) is 17. The number of phenolic OH excluding ortho intramolecular Hbond substituents is 1. The minimum Gasteiger partial charge on any atom is -0.508 e. The van der Waals surface area contributed by atoms with Crippen molar-refractivity contribution < 1.29 is 38.6 Å². The topological polar surface area (TPSA) is 216 Å². The number of β-amino-alcohol motifs (C(OH)–C–C–N with tert-alkyl or cyclic N) is 1. The number of carbonyl (C=O) groups is 3. The third-order valence-corrected chi connectivity index (χ3v) is 19.9. The Bertz CT molecular complexity index is 3610. The van der Waals surface area contributed by atoms with Crippen molar-refractivity contribution >= 4 is 62.6 Å². The lowest BCUT2D eigenvalue weighted by Crippen LogP contribution is -2.50. The van der Waals surface area contributed by atoms with E-state index < -0.39 is 18.1 Å². The van der Waals surface area contributed by atoms with Gasteiger partial charge in [-0.15, -0.1) is 11.3 Å². The molecule has 440 valence electrons. The fourth-order valence-corrected chi connectivity index (χ4v) is 15.3. The lowest BCUT2D eigenvalue weighted by atomic mass is 9.79. The number of phenols is 1. The highest BCUT2D eigenvalue weighted by molar-refractivity contribution is 7.13. The number of pyridine rings is 1. The Labute approximate surface area is 493 Å². The average Bonchev–Trinajstić information content (AvgIpc) is 1.98. The highest BCUT2D eigenvalue weighted by Crippen LogP contribution is 2.49. The zero-order valence-electron chi connectivity index (χ0n) is 48.6. The maximum absolute atomic E-state index is 14.5. The standard InChI is InChI=1S/C64H75N11O8S/c1-37(2)53(61(79)74-33-46(77)30-50(74)60(78)67-39(4)41-14-16-42(17-15-41)58-40(5)66-36-84-58)51-31-52(70-83-51)71-24-26-73(27-25-71)63(80)81-34-44-18-20-64(19-11-23-75(44)64)35-82-62-68-57-49(59(69-62)72-21-8-6-7-9-22-72)32-65-56-48-29-45(76)28-43-12-10-13-47(55(43)48)38(3)54(56)57/h10,12-17,28-29,31-32,36-39,44,46,50,53,76-77H,6-9,11,18-27,30,33-35H2,1-5H3,(H,67,78)/t38?,39-,44-,46+,50-,53+,64-/m0/s1. The van der Waals surface area contributed by atoms with Crippen LogP contribution in [-0.2, 0) is 14.3 Å². The summed E-state index contributed by atoms with van der Waals surface area (Å²) in [4.78, 5) is 73.4. The van der Waals surface area contributed by atoms with Crippen LogP contribution in [0, 0.1) is 12.8 Å². The van der Waals surface area contributed by atoms with Crippen LogP contribution in [0.3, 0.4) is 0 Å². The van der Waals surface area contributed by atoms with Crippen molar-refractivity contribution in [1.29, 1.82) is 0 Å². The minimum absolute atomic E-state index is 0.00729. The van der Waals surface area contributed by atoms with E-state index in [1.807, 2.05) is 86.8 Å². The number of amides is 3. The maximum Gasteiger partial charge on any atom is 0.409 e. The first-order valence-corrected chi connectivity index (χ1v) is 31.1. The van der Waals surface area contributed by atoms with Crippen LogP contribution < -0.4 is 19.9 Å². The fourth-order valence-electron chi connectivity index (χ4n) is 14.5. The van der Waals surface area contributed by atoms with Crippen LogP contribution in [0.25, 0.3) is 43.4 Å². The van der Waals surface area contributed by atoms with Crippen LogP contribution >= 0.6 is 11.3 Å². The molecule has 4 aromatic heterocycles. The zero-order valence-corrected chi connectivity index (χ0v) is 49.4. The number of aliphatic hydroxyl groups is 1. The van der Waals surface area contributed by atoms with E-state index in [0.717, 1.165) is 124 Å². The van der Waals surface area contributed by atoms with Gasteiger partial charge in [-0.1, -0.05) is 81.2 Å². The Morgan fingerprint density at radius 2 is 1.70 bits per heavy atom. The molecule has 3 aromatic carbocycles. The summed E-state index contributed by atoms with van der Waals surface area (Å²) in [5, 5.41) is 32.2. The molecule has 0 spiro atoms. The molecule has 3 amide bonds. The summed E-state index contributed by atoms with van der Waals surface area (Å²) < 4.78 is 18.9. The number of anilines is 2. The number of hydrogen-bond donors (Lipinski definition) is 3. The summed E-state index contributed by atoms with van der Waals surface area (Å²) in [7, 11) is 0. The molecule has 1 unspecified atom stereocenters. The van der Waals surface area contributed by atoms with Crippen molar-refractivity contribution in [3.05, 3.63) is 101 Å². The molecule has 0 bridgehead atoms. The van der Waals surface area contributed by atoms with E-state index in [9.17, 15) is 24.6 Å². The number of benzene rings is 3. The normalized spacial score (nSPS) is 23.2. The molecule has 1 aliphatic carbocycles. The van der Waals surface area contributed by atoms with E-state index in [1.54, 1.807) is 22.3 Å². The quantitative estimate of drug-likeness (QED) is 0.0924. The van der Waals surface area contributed by atoms with Crippen LogP contribution in [0.4, 0.5) is 16.4 Å². The Hall–Kier alpha value is -7.42. The highest BCUT2D eigenvalue weighted by Gasteiger charge is 2.51. The molecular formula is C64H75N11O8S. The molecule has 84 heavy (non-hydrogen) atoms. The van der Waals surface area contributed by atoms with E-state index in [2.05, 4.69) is 44.3 Å². The number of ether oxygens (including phenoxy) is 2. The van der Waals surface area contributed by atoms with Gasteiger partial charge in [0, 0.05) is 87.6 Å². The number of nitrogens with zero attached hydrogens (tertiary/aromatic N) is 10. The van der Waals surface area contributed by atoms with E-state index in [-0.39, 0.29) is 72.7 Å². The molecule has 5 fully saturated rings. The van der Waals surface area contributed by atoms with Gasteiger partial charge in [-0.25, -0.2) is 9.78 Å². The van der Waals surface area contributed by atoms with Crippen molar-refractivity contribution in [2.75, 3.05) is 75.4 Å². The number of thiazole rings is 1. The van der Waals surface area contributed by atoms with Crippen LogP contribution in [0.5, 0.6) is 11.8 Å². The number of rotatable bonds is 14. The minimum atomic E-state index is -0.853. The summed E-state index contributed by atoms with van der Waals surface area (Å²) >= 11 is 1.59. The second-order valence-corrected chi connectivity index (χ2v) is 25.4. The molecule has 3 N–H and O–H groups in total. The van der Waals surface area contributed by atoms with Gasteiger partial charge in [0.05, 0.1) is 50.4 Å². The number of aliphatic hydroxyl groups excluding tert-OH is 1. The number of likely N-dealkylation sites (tertiary alicyclic amines) is 1. The number of aromatic nitrogens is 5. The summed E-state index contributed by atoms with van der Waals surface area (Å²) in [5.41, 5.74) is 9.33. The largest absolute Gasteiger partial charge is 0.508 e. The highest BCUT2D eigenvalue weighted by atomic mass is 32.1. The second-order valence-electron chi connectivity index (χ2n) is 24.6. The molecule has 6 aliphatic rings. The lowest BCUT2D eigenvalue weighted by Gasteiger charge is -2.36. The van der Waals surface area contributed by atoms with Crippen LogP contribution in [-0.4, -0.2) is 157 Å². The molecule has 0 radical (unpaired) electrons. The van der Waals surface area contributed by atoms with E-state index in [0.29, 0.717) is 50.4 Å². The number of aryl methyl sites for hydroxylation is 1. The Morgan fingerprint density at radius 1 is 0.905 bits per heavy atom. The molecule has 0 saturated carbocycles. The molecule has 7 atom stereocenters. The average molecular weight is 1160 g/mol. The van der Waals surface area contributed by atoms with Gasteiger partial charge in [0.1, 0.15) is 36.7 Å². The van der Waals surface area contributed by atoms with Crippen molar-refractivity contribution in [2.24, 2.45) is 5.92 Å². The Morgan fingerprint density at radius 3 is 2.46 bits per heavy atom. The van der Waals surface area contributed by atoms with Crippen molar-refractivity contribution in [3.63, 3.8) is 0 Å². The summed E-state index contributed by atoms with van der Waals surface area (Å²) in [6.45, 7) is 15.2. The Balaban J connectivity index is 0.632. The molecule has 5 aliphatic heterocycles. The maximum atomic E-state index is 14.5. The van der Waals surface area contributed by atoms with Gasteiger partial charge in [-0.3, -0.25) is 19.5 Å². The predicted molar refractivity (Wildman–Crippen MR) is 322 cm³/mol. The fraction of sp³-hybridized carbons (Fsp3) is 0.500. The first-order valence-electron chi connectivity index (χ1n) is 30.3. The monoisotopic (exact) mass is 1160 g/mol. The summed E-state index contributed by atoms with van der Waals surface area (Å²) in [5.74, 6) is 0.447. The molecule has 20 heteroatoms. The molecule has 5 saturated heterocycles. The van der Waals surface area contributed by atoms with Crippen molar-refractivity contribution in [2.45, 2.75) is 134 Å². The van der Waals surface area contributed by atoms with Gasteiger partial charge in [0.15, 0.2) is 11.6 Å². The SMILES string of the molecule is Cc1ncsc1-c1ccc([C@H](C)NC(=O)[C@@H]2C[C@@H](O)CN2C(=O)[C@@H](c2cc(N3CCN(C(=O)OC[C@@H]4CC[C@]5(COc6nc(N7CCCCCC7)c7cnc8c(c7n6)C(C)c6cccc7cc(O)cc-8c67)CCCN45)CC3)no2)C(C)C)cc1. The first-order chi connectivity index (χ1) is 40.7. The summed E-state index contributed by atoms with van der Waals surface area (Å²) in [6.07, 6.45) is 9.17. The van der Waals surface area contributed by atoms with Gasteiger partial charge >= 0.3 is 12.1 Å². The number of nitrogens with one attached hydrogen (secondary N) is 1. The number of fused-ring (bicyclic) bond motifs is 5.